The van der Waals surface area contributed by atoms with E-state index in [1.807, 2.05) is 0 Å². The van der Waals surface area contributed by atoms with Gasteiger partial charge < -0.3 is 0 Å². The summed E-state index contributed by atoms with van der Waals surface area (Å²) in [7, 11) is 5.71. The minimum atomic E-state index is 0.290. The number of hydrogen-bond acceptors (Lipinski definition) is 1. The number of rotatable bonds is 3. The van der Waals surface area contributed by atoms with E-state index >= 15 is 0 Å². The van der Waals surface area contributed by atoms with Gasteiger partial charge in [-0.2, -0.15) is 0 Å². The Kier molecular flexibility index (Phi) is 4.10. The molecule has 0 saturated carbocycles. The molecule has 3 heteroatoms. The summed E-state index contributed by atoms with van der Waals surface area (Å²) in [4.78, 5) is 0.290. The van der Waals surface area contributed by atoms with Crippen molar-refractivity contribution in [2.24, 2.45) is 0 Å². The fourth-order valence-corrected chi connectivity index (χ4v) is 1.61. The maximum absolute atomic E-state index is 5.71. The molecule has 1 rings (SSSR count). The zero-order chi connectivity index (χ0) is 9.84. The molecule has 0 aliphatic heterocycles. The number of halogens is 1. The van der Waals surface area contributed by atoms with E-state index in [0.717, 1.165) is 13.8 Å². The average Bonchev–Trinajstić information content (AvgIpc) is 2.11. The summed E-state index contributed by atoms with van der Waals surface area (Å²) in [5, 5.41) is 3.38. The van der Waals surface area contributed by atoms with Crippen molar-refractivity contribution in [2.45, 2.75) is 25.7 Å². The first-order valence-corrected chi connectivity index (χ1v) is 6.21. The third-order valence-electron chi connectivity index (χ3n) is 1.93. The molecule has 0 amide bonds. The van der Waals surface area contributed by atoms with Gasteiger partial charge in [-0.3, -0.25) is 0 Å². The Hall–Kier alpha value is -0.184. The molecule has 1 N–H and O–H groups in total. The van der Waals surface area contributed by atoms with Crippen molar-refractivity contribution in [3.63, 3.8) is 0 Å². The van der Waals surface area contributed by atoms with E-state index in [2.05, 4.69) is 44.3 Å². The fraction of sp³-hybridized carbons (Fsp3) is 0.400. The van der Waals surface area contributed by atoms with Crippen LogP contribution < -0.4 is 5.32 Å². The Balaban J connectivity index is 2.87. The van der Waals surface area contributed by atoms with Crippen LogP contribution in [0.15, 0.2) is 18.2 Å². The van der Waals surface area contributed by atoms with E-state index in [1.54, 1.807) is 0 Å². The third-order valence-corrected chi connectivity index (χ3v) is 3.32. The van der Waals surface area contributed by atoms with Gasteiger partial charge in [0.15, 0.2) is 0 Å². The summed E-state index contributed by atoms with van der Waals surface area (Å²) in [6.45, 7) is 6.28. The normalized spacial score (nSPS) is 12.9. The quantitative estimate of drug-likeness (QED) is 0.858. The Bertz CT molecular complexity index is 268. The van der Waals surface area contributed by atoms with Crippen molar-refractivity contribution in [1.82, 2.24) is 0 Å². The van der Waals surface area contributed by atoms with Gasteiger partial charge in [0, 0.05) is 0 Å². The number of hydrogen-bond donors (Lipinski definition) is 1. The molecule has 0 fully saturated rings. The van der Waals surface area contributed by atoms with Gasteiger partial charge in [-0.15, -0.1) is 0 Å². The Morgan fingerprint density at radius 3 is 2.31 bits per heavy atom. The van der Waals surface area contributed by atoms with Gasteiger partial charge in [-0.05, 0) is 0 Å². The van der Waals surface area contributed by atoms with E-state index < -0.39 is 0 Å². The summed E-state index contributed by atoms with van der Waals surface area (Å²) in [5.41, 5.74) is 3.75. The summed E-state index contributed by atoms with van der Waals surface area (Å²) in [6.07, 6.45) is 0. The molecular formula is C10H14ClCoN. The van der Waals surface area contributed by atoms with Gasteiger partial charge in [-0.1, -0.05) is 0 Å². The molecule has 0 aromatic heterocycles. The molecule has 0 spiro atoms. The SMILES string of the molecule is Cc1cccc(C)c1N[CH](C)[Co][Cl]. The first-order valence-electron chi connectivity index (χ1n) is 4.18. The molecule has 1 aromatic rings. The second kappa shape index (κ2) is 4.89. The van der Waals surface area contributed by atoms with Gasteiger partial charge in [0.25, 0.3) is 0 Å². The number of aryl methyl sites for hydroxylation is 2. The first-order chi connectivity index (χ1) is 6.15. The van der Waals surface area contributed by atoms with Crippen molar-refractivity contribution in [1.29, 1.82) is 0 Å². The molecule has 1 aromatic carbocycles. The van der Waals surface area contributed by atoms with Crippen LogP contribution in [0, 0.1) is 13.8 Å². The Labute approximate surface area is 90.1 Å². The second-order valence-corrected chi connectivity index (χ2v) is 4.79. The average molecular weight is 243 g/mol. The van der Waals surface area contributed by atoms with Crippen LogP contribution >= 0.6 is 10.1 Å². The monoisotopic (exact) mass is 242 g/mol. The molecule has 0 heterocycles. The third kappa shape index (κ3) is 2.90. The molecule has 0 radical (unpaired) electrons. The topological polar surface area (TPSA) is 12.0 Å². The van der Waals surface area contributed by atoms with E-state index in [-0.39, 0.29) is 4.98 Å². The number of benzene rings is 1. The Morgan fingerprint density at radius 2 is 1.85 bits per heavy atom. The molecule has 1 atom stereocenters. The minimum absolute atomic E-state index is 0.290. The van der Waals surface area contributed by atoms with Crippen LogP contribution in [-0.4, -0.2) is 4.98 Å². The first kappa shape index (κ1) is 10.9. The van der Waals surface area contributed by atoms with Gasteiger partial charge in [0.1, 0.15) is 0 Å². The second-order valence-electron chi connectivity index (χ2n) is 3.06. The molecule has 0 bridgehead atoms. The van der Waals surface area contributed by atoms with Crippen molar-refractivity contribution in [2.75, 3.05) is 5.32 Å². The number of anilines is 1. The molecule has 0 saturated heterocycles. The Morgan fingerprint density at radius 1 is 1.31 bits per heavy atom. The number of nitrogens with one attached hydrogen (secondary N) is 1. The van der Waals surface area contributed by atoms with Gasteiger partial charge in [0.2, 0.25) is 0 Å². The van der Waals surface area contributed by atoms with Crippen LogP contribution in [-0.2, 0) is 13.8 Å². The van der Waals surface area contributed by atoms with Gasteiger partial charge >= 0.3 is 90.0 Å². The van der Waals surface area contributed by atoms with Crippen molar-refractivity contribution < 1.29 is 13.8 Å². The van der Waals surface area contributed by atoms with Crippen molar-refractivity contribution in [3.05, 3.63) is 29.3 Å². The zero-order valence-corrected chi connectivity index (χ0v) is 9.82. The van der Waals surface area contributed by atoms with E-state index in [0.29, 0.717) is 0 Å². The summed E-state index contributed by atoms with van der Waals surface area (Å²) in [5.74, 6) is 0. The fourth-order valence-electron chi connectivity index (χ4n) is 1.25. The van der Waals surface area contributed by atoms with Crippen LogP contribution in [0.4, 0.5) is 5.69 Å². The summed E-state index contributed by atoms with van der Waals surface area (Å²) >= 11 is 0.882. The molecule has 13 heavy (non-hydrogen) atoms. The van der Waals surface area contributed by atoms with Crippen molar-refractivity contribution >= 4 is 15.8 Å². The molecular weight excluding hydrogens is 229 g/mol. The van der Waals surface area contributed by atoms with Crippen LogP contribution in [0.25, 0.3) is 0 Å². The molecule has 1 nitrogen and oxygen atoms in total. The van der Waals surface area contributed by atoms with Crippen LogP contribution in [0.3, 0.4) is 0 Å². The van der Waals surface area contributed by atoms with Crippen LogP contribution in [0.2, 0.25) is 0 Å². The van der Waals surface area contributed by atoms with E-state index in [9.17, 15) is 0 Å². The molecule has 0 aliphatic carbocycles. The summed E-state index contributed by atoms with van der Waals surface area (Å²) < 4.78 is 0. The predicted molar refractivity (Wildman–Crippen MR) is 54.9 cm³/mol. The van der Waals surface area contributed by atoms with Gasteiger partial charge in [0.05, 0.1) is 0 Å². The van der Waals surface area contributed by atoms with Gasteiger partial charge in [-0.25, -0.2) is 0 Å². The van der Waals surface area contributed by atoms with Crippen LogP contribution in [0.1, 0.15) is 18.1 Å². The summed E-state index contributed by atoms with van der Waals surface area (Å²) in [6, 6.07) is 6.28. The molecule has 75 valence electrons. The molecule has 0 aliphatic rings. The predicted octanol–water partition coefficient (Wildman–Crippen LogP) is 3.30. The maximum atomic E-state index is 5.71. The van der Waals surface area contributed by atoms with Crippen LogP contribution in [0.5, 0.6) is 0 Å². The number of para-hydroxylation sites is 1. The molecule has 1 unspecified atom stereocenters. The standard InChI is InChI=1S/C10H14N.ClH.Co/c1-4-11-10-8(2)6-5-7-9(10)3;;/h4-7,11H,1-3H3;1H;/q;;+1/p-1. The zero-order valence-electron chi connectivity index (χ0n) is 8.02. The van der Waals surface area contributed by atoms with E-state index in [1.165, 1.54) is 16.8 Å². The van der Waals surface area contributed by atoms with Crippen molar-refractivity contribution in [3.8, 4) is 0 Å². The van der Waals surface area contributed by atoms with E-state index in [4.69, 9.17) is 10.1 Å².